The van der Waals surface area contributed by atoms with E-state index in [-0.39, 0.29) is 11.3 Å². The number of piperidine rings is 1. The van der Waals surface area contributed by atoms with Crippen LogP contribution in [0.15, 0.2) is 18.2 Å². The molecule has 1 aromatic carbocycles. The lowest BCUT2D eigenvalue weighted by Crippen LogP contribution is -2.46. The molecule has 1 aliphatic heterocycles. The van der Waals surface area contributed by atoms with Crippen molar-refractivity contribution in [2.75, 3.05) is 20.1 Å². The number of benzene rings is 1. The van der Waals surface area contributed by atoms with Gasteiger partial charge in [0, 0.05) is 25.4 Å². The molecule has 104 valence electrons. The molecule has 0 spiro atoms. The van der Waals surface area contributed by atoms with Crippen LogP contribution in [0.2, 0.25) is 10.0 Å². The number of rotatable bonds is 3. The summed E-state index contributed by atoms with van der Waals surface area (Å²) in [5.74, 6) is 0.0507. The van der Waals surface area contributed by atoms with Gasteiger partial charge in [0.05, 0.1) is 10.0 Å². The first-order chi connectivity index (χ1) is 9.07. The van der Waals surface area contributed by atoms with Gasteiger partial charge in [0.2, 0.25) is 5.91 Å². The maximum absolute atomic E-state index is 11.8. The maximum atomic E-state index is 11.8. The Bertz CT molecular complexity index is 471. The lowest BCUT2D eigenvalue weighted by molar-refractivity contribution is -0.122. The zero-order valence-electron chi connectivity index (χ0n) is 10.9. The molecule has 1 amide bonds. The molecule has 0 aliphatic carbocycles. The first-order valence-corrected chi connectivity index (χ1v) is 7.20. The van der Waals surface area contributed by atoms with Crippen LogP contribution in [0.25, 0.3) is 0 Å². The predicted molar refractivity (Wildman–Crippen MR) is 78.9 cm³/mol. The van der Waals surface area contributed by atoms with Crippen molar-refractivity contribution in [3.63, 3.8) is 0 Å². The Labute approximate surface area is 123 Å². The molecule has 0 bridgehead atoms. The maximum Gasteiger partial charge on any atom is 0.220 e. The van der Waals surface area contributed by atoms with Crippen LogP contribution in [0.4, 0.5) is 0 Å². The molecule has 1 saturated heterocycles. The van der Waals surface area contributed by atoms with Crippen molar-refractivity contribution in [1.29, 1.82) is 0 Å². The molecule has 1 heterocycles. The zero-order chi connectivity index (χ0) is 13.9. The van der Waals surface area contributed by atoms with Gasteiger partial charge in [-0.3, -0.25) is 4.79 Å². The highest BCUT2D eigenvalue weighted by Gasteiger charge is 2.36. The summed E-state index contributed by atoms with van der Waals surface area (Å²) in [7, 11) is 1.67. The van der Waals surface area contributed by atoms with Gasteiger partial charge in [0.1, 0.15) is 0 Å². The molecule has 2 rings (SSSR count). The van der Waals surface area contributed by atoms with Crippen molar-refractivity contribution in [2.45, 2.75) is 24.7 Å². The number of hydrogen-bond donors (Lipinski definition) is 2. The molecule has 1 fully saturated rings. The summed E-state index contributed by atoms with van der Waals surface area (Å²) >= 11 is 12.1. The Morgan fingerprint density at radius 3 is 2.79 bits per heavy atom. The second kappa shape index (κ2) is 6.12. The molecule has 1 aromatic rings. The minimum atomic E-state index is -0.188. The largest absolute Gasteiger partial charge is 0.359 e. The van der Waals surface area contributed by atoms with Crippen molar-refractivity contribution >= 4 is 29.1 Å². The Balaban J connectivity index is 2.35. The van der Waals surface area contributed by atoms with Gasteiger partial charge in [0.25, 0.3) is 0 Å². The monoisotopic (exact) mass is 300 g/mol. The second-order valence-corrected chi connectivity index (χ2v) is 5.85. The summed E-state index contributed by atoms with van der Waals surface area (Å²) in [6.45, 7) is 1.79. The topological polar surface area (TPSA) is 41.1 Å². The molecule has 1 atom stereocenters. The molecule has 0 saturated carbocycles. The highest BCUT2D eigenvalue weighted by molar-refractivity contribution is 6.42. The minimum Gasteiger partial charge on any atom is -0.359 e. The summed E-state index contributed by atoms with van der Waals surface area (Å²) in [5, 5.41) is 7.18. The van der Waals surface area contributed by atoms with E-state index < -0.39 is 0 Å². The van der Waals surface area contributed by atoms with Crippen LogP contribution in [0.1, 0.15) is 24.8 Å². The molecular weight excluding hydrogens is 283 g/mol. The van der Waals surface area contributed by atoms with Gasteiger partial charge in [-0.2, -0.15) is 0 Å². The van der Waals surface area contributed by atoms with Crippen molar-refractivity contribution in [3.8, 4) is 0 Å². The van der Waals surface area contributed by atoms with Gasteiger partial charge in [-0.05, 0) is 37.1 Å². The molecule has 0 radical (unpaired) electrons. The molecular formula is C14H18Cl2N2O. The van der Waals surface area contributed by atoms with E-state index in [1.807, 2.05) is 12.1 Å². The molecule has 19 heavy (non-hydrogen) atoms. The smallest absolute Gasteiger partial charge is 0.220 e. The average Bonchev–Trinajstić information content (AvgIpc) is 2.42. The van der Waals surface area contributed by atoms with Gasteiger partial charge in [-0.1, -0.05) is 29.3 Å². The van der Waals surface area contributed by atoms with Crippen molar-refractivity contribution in [3.05, 3.63) is 33.8 Å². The van der Waals surface area contributed by atoms with E-state index in [9.17, 15) is 4.79 Å². The zero-order valence-corrected chi connectivity index (χ0v) is 12.4. The number of hydrogen-bond acceptors (Lipinski definition) is 2. The summed E-state index contributed by atoms with van der Waals surface area (Å²) in [6, 6.07) is 5.67. The van der Waals surface area contributed by atoms with Crippen LogP contribution in [-0.4, -0.2) is 26.0 Å². The third-order valence-electron chi connectivity index (χ3n) is 3.78. The Morgan fingerprint density at radius 2 is 2.21 bits per heavy atom. The fraction of sp³-hybridized carbons (Fsp3) is 0.500. The van der Waals surface area contributed by atoms with E-state index in [0.717, 1.165) is 31.5 Å². The number of carbonyl (C=O) groups is 1. The Hall–Kier alpha value is -0.770. The molecule has 1 unspecified atom stereocenters. The van der Waals surface area contributed by atoms with Gasteiger partial charge in [0.15, 0.2) is 0 Å². The summed E-state index contributed by atoms with van der Waals surface area (Å²) in [5.41, 5.74) is 0.893. The number of nitrogens with one attached hydrogen (secondary N) is 2. The van der Waals surface area contributed by atoms with Gasteiger partial charge < -0.3 is 10.6 Å². The van der Waals surface area contributed by atoms with Crippen molar-refractivity contribution in [1.82, 2.24) is 10.6 Å². The molecule has 1 aliphatic rings. The SMILES string of the molecule is CNC(=O)CC1(c2ccc(Cl)c(Cl)c2)CCCNC1. The normalized spacial score (nSPS) is 23.1. The standard InChI is InChI=1S/C14H18Cl2N2O/c1-17-13(19)8-14(5-2-6-18-9-14)10-3-4-11(15)12(16)7-10/h3-4,7,18H,2,5-6,8-9H2,1H3,(H,17,19). The Morgan fingerprint density at radius 1 is 1.42 bits per heavy atom. The fourth-order valence-corrected chi connectivity index (χ4v) is 2.99. The van der Waals surface area contributed by atoms with Crippen LogP contribution >= 0.6 is 23.2 Å². The van der Waals surface area contributed by atoms with Gasteiger partial charge in [-0.25, -0.2) is 0 Å². The third-order valence-corrected chi connectivity index (χ3v) is 4.52. The van der Waals surface area contributed by atoms with Crippen LogP contribution in [-0.2, 0) is 10.2 Å². The quantitative estimate of drug-likeness (QED) is 0.901. The number of halogens is 2. The highest BCUT2D eigenvalue weighted by Crippen LogP contribution is 2.37. The van der Waals surface area contributed by atoms with Crippen LogP contribution in [0.5, 0.6) is 0 Å². The van der Waals surface area contributed by atoms with Crippen LogP contribution in [0, 0.1) is 0 Å². The summed E-state index contributed by atoms with van der Waals surface area (Å²) in [6.07, 6.45) is 2.50. The molecule has 3 nitrogen and oxygen atoms in total. The van der Waals surface area contributed by atoms with Gasteiger partial charge >= 0.3 is 0 Å². The lowest BCUT2D eigenvalue weighted by atomic mass is 9.72. The summed E-state index contributed by atoms with van der Waals surface area (Å²) in [4.78, 5) is 11.8. The molecule has 0 aromatic heterocycles. The average molecular weight is 301 g/mol. The van der Waals surface area contributed by atoms with E-state index in [4.69, 9.17) is 23.2 Å². The number of amides is 1. The lowest BCUT2D eigenvalue weighted by Gasteiger charge is -2.38. The molecule has 5 heteroatoms. The van der Waals surface area contributed by atoms with E-state index in [0.29, 0.717) is 16.5 Å². The third kappa shape index (κ3) is 3.22. The Kier molecular flexibility index (Phi) is 4.71. The first-order valence-electron chi connectivity index (χ1n) is 6.44. The minimum absolute atomic E-state index is 0.0507. The predicted octanol–water partition coefficient (Wildman–Crippen LogP) is 2.75. The first kappa shape index (κ1) is 14.6. The van der Waals surface area contributed by atoms with E-state index in [1.165, 1.54) is 0 Å². The van der Waals surface area contributed by atoms with Crippen molar-refractivity contribution in [2.24, 2.45) is 0 Å². The molecule has 2 N–H and O–H groups in total. The fourth-order valence-electron chi connectivity index (χ4n) is 2.69. The van der Waals surface area contributed by atoms with Gasteiger partial charge in [-0.15, -0.1) is 0 Å². The van der Waals surface area contributed by atoms with Crippen LogP contribution in [0.3, 0.4) is 0 Å². The van der Waals surface area contributed by atoms with Crippen molar-refractivity contribution < 1.29 is 4.79 Å². The highest BCUT2D eigenvalue weighted by atomic mass is 35.5. The van der Waals surface area contributed by atoms with E-state index in [1.54, 1.807) is 13.1 Å². The second-order valence-electron chi connectivity index (χ2n) is 5.04. The number of carbonyl (C=O) groups excluding carboxylic acids is 1. The van der Waals surface area contributed by atoms with E-state index in [2.05, 4.69) is 10.6 Å². The van der Waals surface area contributed by atoms with Crippen LogP contribution < -0.4 is 10.6 Å². The van der Waals surface area contributed by atoms with E-state index >= 15 is 0 Å². The summed E-state index contributed by atoms with van der Waals surface area (Å²) < 4.78 is 0.